The van der Waals surface area contributed by atoms with Gasteiger partial charge in [0.05, 0.1) is 11.2 Å². The van der Waals surface area contributed by atoms with E-state index in [9.17, 15) is 19.5 Å². The maximum atomic E-state index is 12.4. The number of aliphatic hydroxyl groups excluding tert-OH is 1. The molecule has 4 bridgehead atoms. The average molecular weight is 348 g/mol. The monoisotopic (exact) mass is 348 g/mol. The number of esters is 1. The van der Waals surface area contributed by atoms with Gasteiger partial charge in [-0.15, -0.1) is 0 Å². The highest BCUT2D eigenvalue weighted by Gasteiger charge is 2.49. The van der Waals surface area contributed by atoms with Gasteiger partial charge in [0.1, 0.15) is 24.1 Å². The standard InChI is InChI=1S/C19H24O6/c1-10(2)11-4-5-13-17(22)16(24-18(13)23)9-19(3)8-14(21)15(25-19)7-12(20)6-11/h5,11,15-17,22H,1,4,6-9H2,2-3H3/b13-5+/t11-,15+,16+,17-,19+/m1/s1. The lowest BCUT2D eigenvalue weighted by molar-refractivity contribution is -0.144. The Bertz CT molecular complexity index is 663. The summed E-state index contributed by atoms with van der Waals surface area (Å²) < 4.78 is 11.2. The van der Waals surface area contributed by atoms with Crippen LogP contribution in [0.5, 0.6) is 0 Å². The van der Waals surface area contributed by atoms with Gasteiger partial charge >= 0.3 is 5.97 Å². The Balaban J connectivity index is 1.94. The maximum absolute atomic E-state index is 12.4. The zero-order valence-electron chi connectivity index (χ0n) is 14.6. The van der Waals surface area contributed by atoms with Crippen molar-refractivity contribution in [2.45, 2.75) is 69.9 Å². The van der Waals surface area contributed by atoms with Crippen LogP contribution in [0.25, 0.3) is 0 Å². The summed E-state index contributed by atoms with van der Waals surface area (Å²) in [6, 6.07) is 0. The molecule has 5 atom stereocenters. The van der Waals surface area contributed by atoms with Gasteiger partial charge in [-0.1, -0.05) is 18.2 Å². The SMILES string of the molecule is C=C(C)[C@@H]1C/C=C2/C(=O)O[C@@H](C[C@]3(C)CC(=O)[C@H](CC(=O)C1)O3)[C@@H]2O. The van der Waals surface area contributed by atoms with Crippen molar-refractivity contribution in [3.8, 4) is 0 Å². The molecule has 0 radical (unpaired) electrons. The lowest BCUT2D eigenvalue weighted by atomic mass is 9.87. The Morgan fingerprint density at radius 3 is 2.72 bits per heavy atom. The van der Waals surface area contributed by atoms with Crippen molar-refractivity contribution in [1.82, 2.24) is 0 Å². The third-order valence-electron chi connectivity index (χ3n) is 5.34. The van der Waals surface area contributed by atoms with Gasteiger partial charge in [0.25, 0.3) is 0 Å². The fourth-order valence-corrected chi connectivity index (χ4v) is 3.88. The minimum atomic E-state index is -1.05. The second-order valence-electron chi connectivity index (χ2n) is 7.68. The quantitative estimate of drug-likeness (QED) is 0.572. The summed E-state index contributed by atoms with van der Waals surface area (Å²) in [4.78, 5) is 36.8. The van der Waals surface area contributed by atoms with Crippen LogP contribution in [0.1, 0.15) is 46.0 Å². The van der Waals surface area contributed by atoms with Gasteiger partial charge in [-0.2, -0.15) is 0 Å². The minimum Gasteiger partial charge on any atom is -0.456 e. The number of fused-ring (bicyclic) bond motifs is 4. The van der Waals surface area contributed by atoms with E-state index in [-0.39, 0.29) is 48.7 Å². The smallest absolute Gasteiger partial charge is 0.336 e. The fraction of sp³-hybridized carbons (Fsp3) is 0.632. The first-order valence-corrected chi connectivity index (χ1v) is 8.65. The summed E-state index contributed by atoms with van der Waals surface area (Å²) in [6.07, 6.45) is 0.187. The summed E-state index contributed by atoms with van der Waals surface area (Å²) in [5.41, 5.74) is 0.194. The molecule has 0 aromatic heterocycles. The highest BCUT2D eigenvalue weighted by molar-refractivity contribution is 5.93. The topological polar surface area (TPSA) is 89.9 Å². The molecule has 3 aliphatic rings. The van der Waals surface area contributed by atoms with Crippen molar-refractivity contribution in [3.05, 3.63) is 23.8 Å². The van der Waals surface area contributed by atoms with Crippen molar-refractivity contribution in [2.24, 2.45) is 5.92 Å². The van der Waals surface area contributed by atoms with Crippen LogP contribution >= 0.6 is 0 Å². The molecule has 6 nitrogen and oxygen atoms in total. The number of Topliss-reactive ketones (excluding diaryl/α,β-unsaturated/α-hetero) is 2. The first kappa shape index (κ1) is 18.0. The number of hydrogen-bond donors (Lipinski definition) is 1. The second kappa shape index (κ2) is 6.50. The van der Waals surface area contributed by atoms with Crippen molar-refractivity contribution in [1.29, 1.82) is 0 Å². The molecule has 3 heterocycles. The Morgan fingerprint density at radius 2 is 2.04 bits per heavy atom. The predicted molar refractivity (Wildman–Crippen MR) is 88.7 cm³/mol. The molecule has 1 N–H and O–H groups in total. The van der Waals surface area contributed by atoms with Crippen LogP contribution in [-0.4, -0.2) is 46.6 Å². The number of carbonyl (C=O) groups is 3. The van der Waals surface area contributed by atoms with Crippen LogP contribution in [0, 0.1) is 5.92 Å². The van der Waals surface area contributed by atoms with Crippen molar-refractivity contribution in [2.75, 3.05) is 0 Å². The lowest BCUT2D eigenvalue weighted by Crippen LogP contribution is -2.35. The Hall–Kier alpha value is -1.79. The van der Waals surface area contributed by atoms with Gasteiger partial charge in [-0.3, -0.25) is 9.59 Å². The van der Waals surface area contributed by atoms with Crippen molar-refractivity contribution >= 4 is 17.5 Å². The second-order valence-corrected chi connectivity index (χ2v) is 7.68. The van der Waals surface area contributed by atoms with E-state index in [1.54, 1.807) is 13.0 Å². The van der Waals surface area contributed by atoms with E-state index in [0.717, 1.165) is 5.57 Å². The Labute approximate surface area is 146 Å². The third-order valence-corrected chi connectivity index (χ3v) is 5.34. The minimum absolute atomic E-state index is 0.0541. The van der Waals surface area contributed by atoms with Crippen LogP contribution in [0.3, 0.4) is 0 Å². The largest absolute Gasteiger partial charge is 0.456 e. The van der Waals surface area contributed by atoms with E-state index >= 15 is 0 Å². The van der Waals surface area contributed by atoms with Crippen LogP contribution in [0.4, 0.5) is 0 Å². The summed E-state index contributed by atoms with van der Waals surface area (Å²) in [5.74, 6) is -0.871. The molecule has 136 valence electrons. The molecule has 6 heteroatoms. The van der Waals surface area contributed by atoms with Gasteiger partial charge in [0.2, 0.25) is 0 Å². The fourth-order valence-electron chi connectivity index (χ4n) is 3.88. The molecule has 0 saturated carbocycles. The van der Waals surface area contributed by atoms with Gasteiger partial charge in [0, 0.05) is 25.7 Å². The molecular formula is C19H24O6. The van der Waals surface area contributed by atoms with Crippen molar-refractivity contribution < 1.29 is 29.0 Å². The molecule has 0 aliphatic carbocycles. The number of ketones is 2. The van der Waals surface area contributed by atoms with Gasteiger partial charge in [0.15, 0.2) is 5.78 Å². The van der Waals surface area contributed by atoms with Gasteiger partial charge in [-0.05, 0) is 26.2 Å². The summed E-state index contributed by atoms with van der Waals surface area (Å²) >= 11 is 0. The lowest BCUT2D eigenvalue weighted by Gasteiger charge is -2.27. The van der Waals surface area contributed by atoms with E-state index in [1.165, 1.54) is 0 Å². The Morgan fingerprint density at radius 1 is 1.32 bits per heavy atom. The highest BCUT2D eigenvalue weighted by Crippen LogP contribution is 2.38. The number of allylic oxidation sites excluding steroid dienone is 2. The van der Waals surface area contributed by atoms with Gasteiger partial charge < -0.3 is 14.6 Å². The molecule has 0 unspecified atom stereocenters. The van der Waals surface area contributed by atoms with Crippen LogP contribution in [-0.2, 0) is 23.9 Å². The van der Waals surface area contributed by atoms with Crippen LogP contribution in [0.2, 0.25) is 0 Å². The molecule has 0 aromatic rings. The van der Waals surface area contributed by atoms with Crippen LogP contribution in [0.15, 0.2) is 23.8 Å². The molecule has 0 amide bonds. The van der Waals surface area contributed by atoms with Gasteiger partial charge in [-0.25, -0.2) is 4.79 Å². The molecule has 0 aromatic carbocycles. The molecular weight excluding hydrogens is 324 g/mol. The number of ether oxygens (including phenoxy) is 2. The van der Waals surface area contributed by atoms with E-state index in [0.29, 0.717) is 6.42 Å². The zero-order chi connectivity index (χ0) is 18.4. The Kier molecular flexibility index (Phi) is 4.68. The first-order chi connectivity index (χ1) is 11.7. The summed E-state index contributed by atoms with van der Waals surface area (Å²) in [7, 11) is 0. The van der Waals surface area contributed by atoms with Crippen LogP contribution < -0.4 is 0 Å². The first-order valence-electron chi connectivity index (χ1n) is 8.65. The summed E-state index contributed by atoms with van der Waals surface area (Å²) in [6.45, 7) is 7.50. The number of hydrogen-bond acceptors (Lipinski definition) is 6. The third kappa shape index (κ3) is 3.60. The molecule has 0 spiro atoms. The average Bonchev–Trinajstić information content (AvgIpc) is 2.91. The maximum Gasteiger partial charge on any atom is 0.336 e. The van der Waals surface area contributed by atoms with E-state index in [4.69, 9.17) is 9.47 Å². The van der Waals surface area contributed by atoms with E-state index < -0.39 is 29.9 Å². The highest BCUT2D eigenvalue weighted by atomic mass is 16.6. The molecule has 3 aliphatic heterocycles. The zero-order valence-corrected chi connectivity index (χ0v) is 14.6. The normalized spacial score (nSPS) is 41.2. The number of aliphatic hydroxyl groups is 1. The molecule has 2 fully saturated rings. The molecule has 3 rings (SSSR count). The van der Waals surface area contributed by atoms with E-state index in [2.05, 4.69) is 6.58 Å². The number of carbonyl (C=O) groups excluding carboxylic acids is 3. The molecule has 25 heavy (non-hydrogen) atoms. The molecule has 2 saturated heterocycles. The summed E-state index contributed by atoms with van der Waals surface area (Å²) in [5, 5.41) is 10.5. The van der Waals surface area contributed by atoms with E-state index in [1.807, 2.05) is 6.92 Å². The predicted octanol–water partition coefficient (Wildman–Crippen LogP) is 1.65. The van der Waals surface area contributed by atoms with Crippen molar-refractivity contribution in [3.63, 3.8) is 0 Å². The number of rotatable bonds is 1.